The van der Waals surface area contributed by atoms with Crippen LogP contribution in [0.2, 0.25) is 0 Å². The first kappa shape index (κ1) is 21.3. The van der Waals surface area contributed by atoms with Crippen LogP contribution in [0.3, 0.4) is 0 Å². The van der Waals surface area contributed by atoms with Crippen LogP contribution < -0.4 is 10.1 Å². The summed E-state index contributed by atoms with van der Waals surface area (Å²) in [7, 11) is 0. The molecule has 1 aromatic heterocycles. The number of ether oxygens (including phenoxy) is 1. The minimum absolute atomic E-state index is 0.206. The van der Waals surface area contributed by atoms with Crippen LogP contribution in [0.4, 0.5) is 13.2 Å². The molecule has 1 amide bonds. The number of fused-ring (bicyclic) bond motifs is 1. The lowest BCUT2D eigenvalue weighted by molar-refractivity contribution is -0.274. The van der Waals surface area contributed by atoms with E-state index < -0.39 is 30.2 Å². The molecule has 0 radical (unpaired) electrons. The highest BCUT2D eigenvalue weighted by Crippen LogP contribution is 2.31. The lowest BCUT2D eigenvalue weighted by Gasteiger charge is -2.29. The second-order valence-corrected chi connectivity index (χ2v) is 7.08. The third-order valence-electron chi connectivity index (χ3n) is 4.65. The van der Waals surface area contributed by atoms with Gasteiger partial charge in [-0.1, -0.05) is 30.2 Å². The smallest absolute Gasteiger partial charge is 0.404 e. The van der Waals surface area contributed by atoms with Gasteiger partial charge in [0.05, 0.1) is 23.3 Å². The Bertz CT molecular complexity index is 1110. The van der Waals surface area contributed by atoms with E-state index in [4.69, 9.17) is 6.42 Å². The highest BCUT2D eigenvalue weighted by molar-refractivity contribution is 5.98. The number of terminal acetylenes is 1. The molecule has 5 nitrogen and oxygen atoms in total. The third-order valence-corrected chi connectivity index (χ3v) is 4.65. The summed E-state index contributed by atoms with van der Waals surface area (Å²) in [6, 6.07) is 11.3. The van der Waals surface area contributed by atoms with Crippen molar-refractivity contribution in [3.05, 3.63) is 65.4 Å². The summed E-state index contributed by atoms with van der Waals surface area (Å²) >= 11 is 0. The SMILES string of the molecule is C#Cc1cccc(C(=O)NC(C)(CO)Cc2c[nH]c3ccccc23)c1OC(F)(F)F. The quantitative estimate of drug-likeness (QED) is 0.536. The van der Waals surface area contributed by atoms with Gasteiger partial charge in [0, 0.05) is 17.1 Å². The number of hydrogen-bond donors (Lipinski definition) is 3. The highest BCUT2D eigenvalue weighted by Gasteiger charge is 2.35. The molecule has 156 valence electrons. The molecule has 3 aromatic rings. The van der Waals surface area contributed by atoms with Crippen molar-refractivity contribution in [3.8, 4) is 18.1 Å². The fourth-order valence-corrected chi connectivity index (χ4v) is 3.23. The Labute approximate surface area is 170 Å². The normalized spacial score (nSPS) is 13.5. The standard InChI is InChI=1S/C22H19F3N2O3/c1-3-14-7-6-9-17(19(14)30-22(23,24)25)20(29)27-21(2,13-28)11-15-12-26-18-10-5-4-8-16(15)18/h1,4-10,12,26,28H,11,13H2,2H3,(H,27,29). The average Bonchev–Trinajstić information content (AvgIpc) is 3.09. The van der Waals surface area contributed by atoms with Crippen LogP contribution in [0, 0.1) is 12.3 Å². The molecule has 3 rings (SSSR count). The van der Waals surface area contributed by atoms with E-state index in [2.05, 4.69) is 21.0 Å². The van der Waals surface area contributed by atoms with E-state index in [0.29, 0.717) is 0 Å². The number of aromatic nitrogens is 1. The van der Waals surface area contributed by atoms with Gasteiger partial charge >= 0.3 is 6.36 Å². The maximum absolute atomic E-state index is 12.8. The second kappa shape index (κ2) is 8.13. The maximum Gasteiger partial charge on any atom is 0.573 e. The summed E-state index contributed by atoms with van der Waals surface area (Å²) < 4.78 is 42.5. The van der Waals surface area contributed by atoms with Crippen molar-refractivity contribution in [1.82, 2.24) is 10.3 Å². The van der Waals surface area contributed by atoms with E-state index in [1.807, 2.05) is 24.3 Å². The van der Waals surface area contributed by atoms with Gasteiger partial charge < -0.3 is 20.1 Å². The minimum atomic E-state index is -5.02. The van der Waals surface area contributed by atoms with Crippen molar-refractivity contribution in [2.24, 2.45) is 0 Å². The van der Waals surface area contributed by atoms with E-state index in [0.717, 1.165) is 16.5 Å². The van der Waals surface area contributed by atoms with E-state index in [1.165, 1.54) is 18.2 Å². The Morgan fingerprint density at radius 1 is 1.23 bits per heavy atom. The van der Waals surface area contributed by atoms with Crippen molar-refractivity contribution in [3.63, 3.8) is 0 Å². The lowest BCUT2D eigenvalue weighted by atomic mass is 9.92. The van der Waals surface area contributed by atoms with E-state index in [-0.39, 0.29) is 17.5 Å². The molecule has 0 saturated carbocycles. The van der Waals surface area contributed by atoms with Gasteiger partial charge in [0.1, 0.15) is 0 Å². The topological polar surface area (TPSA) is 74.4 Å². The molecule has 1 unspecified atom stereocenters. The van der Waals surface area contributed by atoms with E-state index >= 15 is 0 Å². The predicted octanol–water partition coefficient (Wildman–Crippen LogP) is 3.77. The summed E-state index contributed by atoms with van der Waals surface area (Å²) in [6.07, 6.45) is 2.25. The number of aliphatic hydroxyl groups excluding tert-OH is 1. The van der Waals surface area contributed by atoms with Crippen LogP contribution in [0.5, 0.6) is 5.75 Å². The van der Waals surface area contributed by atoms with Crippen LogP contribution in [0.1, 0.15) is 28.4 Å². The zero-order chi connectivity index (χ0) is 21.9. The summed E-state index contributed by atoms with van der Waals surface area (Å²) in [5.41, 5.74) is 0.000867. The van der Waals surface area contributed by atoms with Crippen LogP contribution >= 0.6 is 0 Å². The zero-order valence-electron chi connectivity index (χ0n) is 16.0. The average molecular weight is 416 g/mol. The van der Waals surface area contributed by atoms with Gasteiger partial charge in [-0.3, -0.25) is 4.79 Å². The van der Waals surface area contributed by atoms with Crippen molar-refractivity contribution < 1.29 is 27.8 Å². The van der Waals surface area contributed by atoms with Gasteiger partial charge in [-0.05, 0) is 37.1 Å². The Hall–Kier alpha value is -3.44. The molecule has 1 atom stereocenters. The number of nitrogens with one attached hydrogen (secondary N) is 2. The molecular formula is C22H19F3N2O3. The third kappa shape index (κ3) is 4.58. The molecule has 0 aliphatic carbocycles. The number of rotatable bonds is 6. The number of alkyl halides is 3. The molecule has 3 N–H and O–H groups in total. The molecule has 2 aromatic carbocycles. The number of carbonyl (C=O) groups is 1. The summed E-state index contributed by atoms with van der Waals surface area (Å²) in [5.74, 6) is 0.491. The fourth-order valence-electron chi connectivity index (χ4n) is 3.23. The number of benzene rings is 2. The molecule has 0 bridgehead atoms. The van der Waals surface area contributed by atoms with Crippen molar-refractivity contribution >= 4 is 16.8 Å². The molecular weight excluding hydrogens is 397 g/mol. The number of halogens is 3. The Morgan fingerprint density at radius 2 is 1.97 bits per heavy atom. The number of H-pyrrole nitrogens is 1. The van der Waals surface area contributed by atoms with Crippen LogP contribution in [-0.4, -0.2) is 34.5 Å². The van der Waals surface area contributed by atoms with Crippen molar-refractivity contribution in [1.29, 1.82) is 0 Å². The lowest BCUT2D eigenvalue weighted by Crippen LogP contribution is -2.50. The van der Waals surface area contributed by atoms with Crippen LogP contribution in [0.25, 0.3) is 10.9 Å². The van der Waals surface area contributed by atoms with Gasteiger partial charge in [-0.2, -0.15) is 0 Å². The molecule has 30 heavy (non-hydrogen) atoms. The van der Waals surface area contributed by atoms with Gasteiger partial charge in [-0.25, -0.2) is 0 Å². The Balaban J connectivity index is 1.91. The molecule has 0 fully saturated rings. The minimum Gasteiger partial charge on any atom is -0.404 e. The molecule has 0 saturated heterocycles. The summed E-state index contributed by atoms with van der Waals surface area (Å²) in [6.45, 7) is 1.16. The van der Waals surface area contributed by atoms with E-state index in [9.17, 15) is 23.1 Å². The largest absolute Gasteiger partial charge is 0.573 e. The molecule has 0 spiro atoms. The fraction of sp³-hybridized carbons (Fsp3) is 0.227. The number of carbonyl (C=O) groups excluding carboxylic acids is 1. The van der Waals surface area contributed by atoms with Crippen LogP contribution in [-0.2, 0) is 6.42 Å². The predicted molar refractivity (Wildman–Crippen MR) is 106 cm³/mol. The van der Waals surface area contributed by atoms with Gasteiger partial charge in [-0.15, -0.1) is 19.6 Å². The van der Waals surface area contributed by atoms with Gasteiger partial charge in [0.2, 0.25) is 0 Å². The monoisotopic (exact) mass is 416 g/mol. The first-order chi connectivity index (χ1) is 14.2. The highest BCUT2D eigenvalue weighted by atomic mass is 19.4. The summed E-state index contributed by atoms with van der Waals surface area (Å²) in [4.78, 5) is 15.9. The summed E-state index contributed by atoms with van der Waals surface area (Å²) in [5, 5.41) is 13.5. The molecule has 0 aliphatic rings. The molecule has 8 heteroatoms. The van der Waals surface area contributed by atoms with Crippen LogP contribution in [0.15, 0.2) is 48.7 Å². The van der Waals surface area contributed by atoms with Crippen molar-refractivity contribution in [2.75, 3.05) is 6.61 Å². The first-order valence-electron chi connectivity index (χ1n) is 8.99. The number of hydrogen-bond acceptors (Lipinski definition) is 3. The number of amides is 1. The molecule has 0 aliphatic heterocycles. The first-order valence-corrected chi connectivity index (χ1v) is 8.99. The van der Waals surface area contributed by atoms with E-state index in [1.54, 1.807) is 13.1 Å². The number of para-hydroxylation sites is 2. The number of aromatic amines is 1. The Morgan fingerprint density at radius 3 is 2.63 bits per heavy atom. The Kier molecular flexibility index (Phi) is 5.76. The number of aliphatic hydroxyl groups is 1. The second-order valence-electron chi connectivity index (χ2n) is 7.08. The molecule has 1 heterocycles. The maximum atomic E-state index is 12.8. The van der Waals surface area contributed by atoms with Gasteiger partial charge in [0.15, 0.2) is 5.75 Å². The zero-order valence-corrected chi connectivity index (χ0v) is 16.0. The van der Waals surface area contributed by atoms with Crippen molar-refractivity contribution in [2.45, 2.75) is 25.2 Å². The van der Waals surface area contributed by atoms with Gasteiger partial charge in [0.25, 0.3) is 5.91 Å².